The van der Waals surface area contributed by atoms with Crippen LogP contribution in [0.1, 0.15) is 5.56 Å². The van der Waals surface area contributed by atoms with Crippen molar-refractivity contribution in [1.82, 2.24) is 10.2 Å². The second-order valence-corrected chi connectivity index (χ2v) is 7.91. The Labute approximate surface area is 177 Å². The van der Waals surface area contributed by atoms with E-state index in [9.17, 15) is 4.79 Å². The van der Waals surface area contributed by atoms with Crippen LogP contribution in [0.25, 0.3) is 10.8 Å². The first-order chi connectivity index (χ1) is 14.2. The Bertz CT molecular complexity index is 960. The predicted molar refractivity (Wildman–Crippen MR) is 121 cm³/mol. The molecule has 5 heteroatoms. The normalized spacial score (nSPS) is 14.9. The van der Waals surface area contributed by atoms with Gasteiger partial charge in [0.2, 0.25) is 5.91 Å². The number of hydrogen-bond donors (Lipinski definition) is 1. The van der Waals surface area contributed by atoms with Crippen LogP contribution in [0.5, 0.6) is 0 Å². The fraction of sp³-hybridized carbons (Fsp3) is 0.292. The number of nitrogens with zero attached hydrogens (tertiary/aromatic N) is 2. The molecule has 1 N–H and O–H groups in total. The molecule has 1 fully saturated rings. The standard InChI is InChI=1S/C24H26ClN3O/c25-21-8-10-22(11-9-21)28-16-14-27(15-17-28)13-12-26-24(29)18-20-6-3-5-19-4-1-2-7-23(19)20/h1-11H,12-18H2,(H,26,29). The summed E-state index contributed by atoms with van der Waals surface area (Å²) in [4.78, 5) is 17.2. The Morgan fingerprint density at radius 3 is 2.41 bits per heavy atom. The Morgan fingerprint density at radius 2 is 1.62 bits per heavy atom. The first-order valence-corrected chi connectivity index (χ1v) is 10.5. The molecule has 0 atom stereocenters. The van der Waals surface area contributed by atoms with Crippen LogP contribution < -0.4 is 10.2 Å². The summed E-state index contributed by atoms with van der Waals surface area (Å²) in [5.74, 6) is 0.0844. The quantitative estimate of drug-likeness (QED) is 0.671. The molecule has 4 rings (SSSR count). The molecule has 0 unspecified atom stereocenters. The van der Waals surface area contributed by atoms with Gasteiger partial charge in [0.15, 0.2) is 0 Å². The molecule has 0 aliphatic carbocycles. The minimum atomic E-state index is 0.0844. The van der Waals surface area contributed by atoms with Gasteiger partial charge in [-0.2, -0.15) is 0 Å². The molecular formula is C24H26ClN3O. The van der Waals surface area contributed by atoms with Gasteiger partial charge in [-0.3, -0.25) is 9.69 Å². The van der Waals surface area contributed by atoms with Crippen LogP contribution >= 0.6 is 11.6 Å². The van der Waals surface area contributed by atoms with Crippen LogP contribution in [0, 0.1) is 0 Å². The lowest BCUT2D eigenvalue weighted by Crippen LogP contribution is -2.48. The van der Waals surface area contributed by atoms with E-state index >= 15 is 0 Å². The predicted octanol–water partition coefficient (Wildman–Crippen LogP) is 3.97. The number of nitrogens with one attached hydrogen (secondary N) is 1. The number of fused-ring (bicyclic) bond motifs is 1. The summed E-state index contributed by atoms with van der Waals surface area (Å²) in [5, 5.41) is 6.19. The molecule has 0 aromatic heterocycles. The summed E-state index contributed by atoms with van der Waals surface area (Å²) in [5.41, 5.74) is 2.30. The van der Waals surface area contributed by atoms with Crippen molar-refractivity contribution in [2.45, 2.75) is 6.42 Å². The number of rotatable bonds is 6. The van der Waals surface area contributed by atoms with Crippen molar-refractivity contribution < 1.29 is 4.79 Å². The smallest absolute Gasteiger partial charge is 0.224 e. The number of halogens is 1. The van der Waals surface area contributed by atoms with E-state index in [0.717, 1.165) is 48.7 Å². The molecule has 1 heterocycles. The SMILES string of the molecule is O=C(Cc1cccc2ccccc12)NCCN1CCN(c2ccc(Cl)cc2)CC1. The number of carbonyl (C=O) groups is 1. The molecule has 1 aliphatic rings. The number of hydrogen-bond acceptors (Lipinski definition) is 3. The van der Waals surface area contributed by atoms with Gasteiger partial charge in [0.05, 0.1) is 6.42 Å². The lowest BCUT2D eigenvalue weighted by molar-refractivity contribution is -0.120. The van der Waals surface area contributed by atoms with Crippen LogP contribution in [0.2, 0.25) is 5.02 Å². The topological polar surface area (TPSA) is 35.6 Å². The molecule has 3 aromatic rings. The minimum absolute atomic E-state index is 0.0844. The van der Waals surface area contributed by atoms with Gasteiger partial charge < -0.3 is 10.2 Å². The molecule has 0 bridgehead atoms. The first-order valence-electron chi connectivity index (χ1n) is 10.2. The zero-order valence-corrected chi connectivity index (χ0v) is 17.2. The highest BCUT2D eigenvalue weighted by atomic mass is 35.5. The van der Waals surface area contributed by atoms with Crippen molar-refractivity contribution in [2.24, 2.45) is 0 Å². The third kappa shape index (κ3) is 5.08. The van der Waals surface area contributed by atoms with Crippen molar-refractivity contribution in [3.63, 3.8) is 0 Å². The lowest BCUT2D eigenvalue weighted by atomic mass is 10.0. The van der Waals surface area contributed by atoms with Gasteiger partial charge in [-0.25, -0.2) is 0 Å². The molecule has 1 aliphatic heterocycles. The molecule has 1 saturated heterocycles. The highest BCUT2D eigenvalue weighted by Gasteiger charge is 2.17. The van der Waals surface area contributed by atoms with Crippen LogP contribution in [-0.2, 0) is 11.2 Å². The number of benzene rings is 3. The third-order valence-corrected chi connectivity index (χ3v) is 5.80. The molecule has 4 nitrogen and oxygen atoms in total. The molecule has 0 saturated carbocycles. The molecule has 0 spiro atoms. The zero-order valence-electron chi connectivity index (χ0n) is 16.5. The summed E-state index contributed by atoms with van der Waals surface area (Å²) >= 11 is 5.97. The van der Waals surface area contributed by atoms with Crippen LogP contribution in [-0.4, -0.2) is 50.1 Å². The third-order valence-electron chi connectivity index (χ3n) is 5.55. The lowest BCUT2D eigenvalue weighted by Gasteiger charge is -2.36. The Hall–Kier alpha value is -2.56. The highest BCUT2D eigenvalue weighted by molar-refractivity contribution is 6.30. The zero-order chi connectivity index (χ0) is 20.1. The van der Waals surface area contributed by atoms with E-state index in [1.807, 2.05) is 36.4 Å². The maximum Gasteiger partial charge on any atom is 0.224 e. The van der Waals surface area contributed by atoms with Crippen LogP contribution in [0.3, 0.4) is 0 Å². The molecular weight excluding hydrogens is 382 g/mol. The van der Waals surface area contributed by atoms with Gasteiger partial charge in [-0.1, -0.05) is 54.1 Å². The van der Waals surface area contributed by atoms with Crippen molar-refractivity contribution in [3.05, 3.63) is 77.3 Å². The minimum Gasteiger partial charge on any atom is -0.369 e. The fourth-order valence-corrected chi connectivity index (χ4v) is 4.04. The number of amides is 1. The monoisotopic (exact) mass is 407 g/mol. The second kappa shape index (κ2) is 9.29. The molecule has 29 heavy (non-hydrogen) atoms. The number of piperazine rings is 1. The van der Waals surface area contributed by atoms with E-state index in [-0.39, 0.29) is 5.91 Å². The maximum atomic E-state index is 12.4. The average Bonchev–Trinajstić information content (AvgIpc) is 2.75. The molecule has 0 radical (unpaired) electrons. The molecule has 150 valence electrons. The van der Waals surface area contributed by atoms with Crippen LogP contribution in [0.4, 0.5) is 5.69 Å². The van der Waals surface area contributed by atoms with Gasteiger partial charge >= 0.3 is 0 Å². The van der Waals surface area contributed by atoms with Crippen molar-refractivity contribution in [3.8, 4) is 0 Å². The first kappa shape index (κ1) is 19.7. The summed E-state index contributed by atoms with van der Waals surface area (Å²) in [6.45, 7) is 5.56. The van der Waals surface area contributed by atoms with Crippen molar-refractivity contribution in [1.29, 1.82) is 0 Å². The van der Waals surface area contributed by atoms with Gasteiger partial charge in [0.1, 0.15) is 0 Å². The van der Waals surface area contributed by atoms with Gasteiger partial charge in [0, 0.05) is 50.0 Å². The summed E-state index contributed by atoms with van der Waals surface area (Å²) in [7, 11) is 0. The van der Waals surface area contributed by atoms with E-state index in [4.69, 9.17) is 11.6 Å². The van der Waals surface area contributed by atoms with Crippen molar-refractivity contribution >= 4 is 34.0 Å². The van der Waals surface area contributed by atoms with Gasteiger partial charge in [0.25, 0.3) is 0 Å². The van der Waals surface area contributed by atoms with E-state index in [0.29, 0.717) is 13.0 Å². The average molecular weight is 408 g/mol. The van der Waals surface area contributed by atoms with Crippen LogP contribution in [0.15, 0.2) is 66.7 Å². The van der Waals surface area contributed by atoms with Gasteiger partial charge in [-0.15, -0.1) is 0 Å². The maximum absolute atomic E-state index is 12.4. The number of carbonyl (C=O) groups excluding carboxylic acids is 1. The fourth-order valence-electron chi connectivity index (χ4n) is 3.92. The Balaban J connectivity index is 1.21. The molecule has 1 amide bonds. The molecule has 3 aromatic carbocycles. The van der Waals surface area contributed by atoms with E-state index in [1.165, 1.54) is 11.1 Å². The van der Waals surface area contributed by atoms with E-state index < -0.39 is 0 Å². The van der Waals surface area contributed by atoms with Gasteiger partial charge in [-0.05, 0) is 40.6 Å². The summed E-state index contributed by atoms with van der Waals surface area (Å²) in [6, 6.07) is 22.4. The number of anilines is 1. The second-order valence-electron chi connectivity index (χ2n) is 7.47. The largest absolute Gasteiger partial charge is 0.369 e. The summed E-state index contributed by atoms with van der Waals surface area (Å²) in [6.07, 6.45) is 0.422. The van der Waals surface area contributed by atoms with E-state index in [1.54, 1.807) is 0 Å². The van der Waals surface area contributed by atoms with E-state index in [2.05, 4.69) is 45.4 Å². The highest BCUT2D eigenvalue weighted by Crippen LogP contribution is 2.20. The Kier molecular flexibility index (Phi) is 6.33. The Morgan fingerprint density at radius 1 is 0.897 bits per heavy atom. The van der Waals surface area contributed by atoms with Crippen molar-refractivity contribution in [2.75, 3.05) is 44.2 Å². The summed E-state index contributed by atoms with van der Waals surface area (Å²) < 4.78 is 0.